The normalized spacial score (nSPS) is 12.7. The first-order valence-electron chi connectivity index (χ1n) is 7.48. The summed E-state index contributed by atoms with van der Waals surface area (Å²) in [5.74, 6) is 0.797. The number of nitrogens with one attached hydrogen (secondary N) is 2. The summed E-state index contributed by atoms with van der Waals surface area (Å²) < 4.78 is 2.04. The van der Waals surface area contributed by atoms with Crippen molar-refractivity contribution >= 4 is 33.6 Å². The third kappa shape index (κ3) is 3.73. The number of hydrogen-bond donors (Lipinski definition) is 2. The molecule has 0 saturated heterocycles. The molecule has 0 atom stereocenters. The molecule has 3 aromatic heterocycles. The zero-order valence-electron chi connectivity index (χ0n) is 13.5. The van der Waals surface area contributed by atoms with Crippen molar-refractivity contribution in [2.24, 2.45) is 4.99 Å². The molecule has 0 spiro atoms. The average Bonchev–Trinajstić information content (AvgIpc) is 3.24. The van der Waals surface area contributed by atoms with E-state index in [4.69, 9.17) is 0 Å². The van der Waals surface area contributed by atoms with Crippen molar-refractivity contribution in [3.8, 4) is 0 Å². The van der Waals surface area contributed by atoms with Crippen LogP contribution in [0.1, 0.15) is 24.4 Å². The minimum Gasteiger partial charge on any atom is -0.356 e. The van der Waals surface area contributed by atoms with E-state index in [2.05, 4.69) is 52.0 Å². The van der Waals surface area contributed by atoms with E-state index in [9.17, 15) is 0 Å². The summed E-state index contributed by atoms with van der Waals surface area (Å²) >= 11 is 3.43. The maximum absolute atomic E-state index is 4.57. The Bertz CT molecular complexity index is 754. The quantitative estimate of drug-likeness (QED) is 0.551. The number of aliphatic imine (C=N–C) groups is 1. The van der Waals surface area contributed by atoms with Gasteiger partial charge < -0.3 is 10.6 Å². The van der Waals surface area contributed by atoms with E-state index in [1.807, 2.05) is 22.2 Å². The Kier molecular flexibility index (Phi) is 4.68. The summed E-state index contributed by atoms with van der Waals surface area (Å²) in [4.78, 5) is 11.2. The molecule has 3 heterocycles. The van der Waals surface area contributed by atoms with Crippen molar-refractivity contribution in [1.82, 2.24) is 20.0 Å². The number of nitrogens with zero attached hydrogens (tertiary/aromatic N) is 3. The average molecular weight is 348 g/mol. The van der Waals surface area contributed by atoms with Crippen molar-refractivity contribution in [2.45, 2.75) is 25.8 Å². The fraction of sp³-hybridized carbons (Fsp3) is 0.375. The minimum absolute atomic E-state index is 0.0722. The van der Waals surface area contributed by atoms with E-state index >= 15 is 0 Å². The van der Waals surface area contributed by atoms with Gasteiger partial charge in [0.2, 0.25) is 0 Å². The molecule has 0 radical (unpaired) electrons. The summed E-state index contributed by atoms with van der Waals surface area (Å²) in [7, 11) is 1.79. The van der Waals surface area contributed by atoms with Crippen molar-refractivity contribution in [2.75, 3.05) is 13.6 Å². The van der Waals surface area contributed by atoms with Gasteiger partial charge >= 0.3 is 0 Å². The van der Waals surface area contributed by atoms with Crippen LogP contribution in [0, 0.1) is 0 Å². The number of guanidine groups is 1. The van der Waals surface area contributed by atoms with Crippen molar-refractivity contribution in [1.29, 1.82) is 0 Å². The predicted octanol–water partition coefficient (Wildman–Crippen LogP) is 3.10. The number of imidazole rings is 1. The lowest BCUT2D eigenvalue weighted by molar-refractivity contribution is 0.518. The van der Waals surface area contributed by atoms with Crippen LogP contribution in [0.4, 0.5) is 0 Å². The van der Waals surface area contributed by atoms with Crippen LogP contribution in [0.5, 0.6) is 0 Å². The first-order chi connectivity index (χ1) is 11.1. The monoisotopic (exact) mass is 347 g/mol. The Morgan fingerprint density at radius 1 is 1.30 bits per heavy atom. The zero-order valence-corrected chi connectivity index (χ0v) is 15.2. The number of fused-ring (bicyclic) bond motifs is 1. The molecule has 7 heteroatoms. The lowest BCUT2D eigenvalue weighted by Crippen LogP contribution is -2.43. The molecular weight excluding hydrogens is 326 g/mol. The maximum Gasteiger partial charge on any atom is 0.193 e. The highest BCUT2D eigenvalue weighted by Crippen LogP contribution is 2.26. The van der Waals surface area contributed by atoms with E-state index in [0.29, 0.717) is 6.54 Å². The first-order valence-corrected chi connectivity index (χ1v) is 9.24. The van der Waals surface area contributed by atoms with Crippen LogP contribution in [0.3, 0.4) is 0 Å². The standard InChI is InChI=1S/C16H21N5S2/c1-16(2,13-5-4-7-22-13)11-19-14(17-3)18-9-12-10-21-6-8-23-15(21)20-12/h4-8,10H,9,11H2,1-3H3,(H2,17,18,19). The second kappa shape index (κ2) is 6.72. The van der Waals surface area contributed by atoms with E-state index < -0.39 is 0 Å². The third-order valence-corrected chi connectivity index (χ3v) is 5.70. The molecule has 0 aliphatic carbocycles. The molecule has 0 aliphatic heterocycles. The SMILES string of the molecule is CN=C(NCc1cn2ccsc2n1)NCC(C)(C)c1cccs1. The molecule has 0 amide bonds. The van der Waals surface area contributed by atoms with Gasteiger partial charge in [0.15, 0.2) is 10.9 Å². The van der Waals surface area contributed by atoms with Crippen molar-refractivity contribution in [3.05, 3.63) is 45.9 Å². The van der Waals surface area contributed by atoms with Gasteiger partial charge in [0.25, 0.3) is 0 Å². The fourth-order valence-corrected chi connectivity index (χ4v) is 3.88. The molecule has 0 aromatic carbocycles. The minimum atomic E-state index is 0.0722. The molecule has 3 rings (SSSR count). The Morgan fingerprint density at radius 2 is 2.17 bits per heavy atom. The number of aromatic nitrogens is 2. The summed E-state index contributed by atoms with van der Waals surface area (Å²) in [6, 6.07) is 4.28. The number of thiophene rings is 1. The molecular formula is C16H21N5S2. The topological polar surface area (TPSA) is 53.7 Å². The summed E-state index contributed by atoms with van der Waals surface area (Å²) in [5, 5.41) is 10.9. The van der Waals surface area contributed by atoms with Crippen LogP contribution in [-0.2, 0) is 12.0 Å². The number of rotatable bonds is 5. The van der Waals surface area contributed by atoms with Gasteiger partial charge in [-0.05, 0) is 11.4 Å². The molecule has 0 unspecified atom stereocenters. The summed E-state index contributed by atoms with van der Waals surface area (Å²) in [6.45, 7) is 5.96. The number of thiazole rings is 1. The molecule has 3 aromatic rings. The smallest absolute Gasteiger partial charge is 0.193 e. The second-order valence-corrected chi connectivity index (χ2v) is 7.79. The molecule has 0 saturated carbocycles. The van der Waals surface area contributed by atoms with Gasteiger partial charge in [0.05, 0.1) is 12.2 Å². The fourth-order valence-electron chi connectivity index (χ4n) is 2.31. The van der Waals surface area contributed by atoms with Gasteiger partial charge in [-0.3, -0.25) is 9.39 Å². The van der Waals surface area contributed by atoms with E-state index in [0.717, 1.165) is 23.2 Å². The lowest BCUT2D eigenvalue weighted by Gasteiger charge is -2.25. The lowest BCUT2D eigenvalue weighted by atomic mass is 9.91. The molecule has 0 aliphatic rings. The van der Waals surface area contributed by atoms with Gasteiger partial charge in [-0.2, -0.15) is 0 Å². The largest absolute Gasteiger partial charge is 0.356 e. The van der Waals surface area contributed by atoms with E-state index in [1.165, 1.54) is 4.88 Å². The van der Waals surface area contributed by atoms with Crippen LogP contribution >= 0.6 is 22.7 Å². The Morgan fingerprint density at radius 3 is 2.87 bits per heavy atom. The van der Waals surface area contributed by atoms with Crippen LogP contribution in [-0.4, -0.2) is 28.9 Å². The number of hydrogen-bond acceptors (Lipinski definition) is 4. The first kappa shape index (κ1) is 16.0. The van der Waals surface area contributed by atoms with Crippen LogP contribution in [0.15, 0.2) is 40.3 Å². The summed E-state index contributed by atoms with van der Waals surface area (Å²) in [5.41, 5.74) is 1.08. The van der Waals surface area contributed by atoms with Gasteiger partial charge in [-0.15, -0.1) is 22.7 Å². The second-order valence-electron chi connectivity index (χ2n) is 5.97. The van der Waals surface area contributed by atoms with Gasteiger partial charge in [0.1, 0.15) is 0 Å². The highest BCUT2D eigenvalue weighted by atomic mass is 32.1. The molecule has 122 valence electrons. The molecule has 23 heavy (non-hydrogen) atoms. The van der Waals surface area contributed by atoms with E-state index in [-0.39, 0.29) is 5.41 Å². The van der Waals surface area contributed by atoms with Crippen LogP contribution in [0.25, 0.3) is 4.96 Å². The van der Waals surface area contributed by atoms with Crippen LogP contribution < -0.4 is 10.6 Å². The highest BCUT2D eigenvalue weighted by molar-refractivity contribution is 7.15. The summed E-state index contributed by atoms with van der Waals surface area (Å²) in [6.07, 6.45) is 4.06. The highest BCUT2D eigenvalue weighted by Gasteiger charge is 2.21. The van der Waals surface area contributed by atoms with Gasteiger partial charge in [-0.1, -0.05) is 19.9 Å². The zero-order chi connectivity index (χ0) is 16.3. The third-order valence-electron chi connectivity index (χ3n) is 3.69. The van der Waals surface area contributed by atoms with E-state index in [1.54, 1.807) is 29.7 Å². The molecule has 0 bridgehead atoms. The van der Waals surface area contributed by atoms with Crippen LogP contribution in [0.2, 0.25) is 0 Å². The molecule has 5 nitrogen and oxygen atoms in total. The Labute approximate surface area is 144 Å². The Balaban J connectivity index is 1.55. The van der Waals surface area contributed by atoms with Crippen molar-refractivity contribution in [3.63, 3.8) is 0 Å². The van der Waals surface area contributed by atoms with Gasteiger partial charge in [0, 0.05) is 41.7 Å². The Hall–Kier alpha value is -1.86. The molecule has 2 N–H and O–H groups in total. The molecule has 0 fully saturated rings. The predicted molar refractivity (Wildman–Crippen MR) is 98.6 cm³/mol. The van der Waals surface area contributed by atoms with Crippen molar-refractivity contribution < 1.29 is 0 Å². The van der Waals surface area contributed by atoms with Gasteiger partial charge in [-0.25, -0.2) is 4.98 Å². The maximum atomic E-state index is 4.57.